The van der Waals surface area contributed by atoms with Crippen molar-refractivity contribution in [1.29, 1.82) is 0 Å². The molecule has 1 fully saturated rings. The van der Waals surface area contributed by atoms with Crippen LogP contribution < -0.4 is 10.1 Å². The molecule has 0 heterocycles. The lowest BCUT2D eigenvalue weighted by Gasteiger charge is -2.39. The monoisotopic (exact) mass is 261 g/mol. The van der Waals surface area contributed by atoms with Crippen LogP contribution in [0.4, 0.5) is 0 Å². The van der Waals surface area contributed by atoms with Gasteiger partial charge < -0.3 is 10.1 Å². The summed E-state index contributed by atoms with van der Waals surface area (Å²) in [4.78, 5) is 0. The first-order valence-electron chi connectivity index (χ1n) is 7.41. The largest absolute Gasteiger partial charge is 0.496 e. The highest BCUT2D eigenvalue weighted by Gasteiger charge is 2.33. The van der Waals surface area contributed by atoms with Crippen molar-refractivity contribution in [1.82, 2.24) is 5.32 Å². The van der Waals surface area contributed by atoms with Crippen molar-refractivity contribution < 1.29 is 4.74 Å². The number of hydrogen-bond acceptors (Lipinski definition) is 2. The van der Waals surface area contributed by atoms with Gasteiger partial charge in [0.2, 0.25) is 0 Å². The third-order valence-electron chi connectivity index (χ3n) is 4.39. The summed E-state index contributed by atoms with van der Waals surface area (Å²) < 4.78 is 5.41. The Kier molecular flexibility index (Phi) is 4.51. The first-order valence-corrected chi connectivity index (χ1v) is 7.41. The van der Waals surface area contributed by atoms with Crippen LogP contribution >= 0.6 is 0 Å². The molecule has 1 N–H and O–H groups in total. The van der Waals surface area contributed by atoms with Crippen molar-refractivity contribution in [2.24, 2.45) is 5.92 Å². The van der Waals surface area contributed by atoms with Gasteiger partial charge in [0.05, 0.1) is 7.11 Å². The summed E-state index contributed by atoms with van der Waals surface area (Å²) in [5.74, 6) is 2.54. The van der Waals surface area contributed by atoms with Gasteiger partial charge in [-0.05, 0) is 67.8 Å². The second kappa shape index (κ2) is 5.96. The van der Waals surface area contributed by atoms with E-state index in [1.54, 1.807) is 7.11 Å². The number of rotatable bonds is 5. The average molecular weight is 261 g/mol. The molecule has 0 saturated heterocycles. The van der Waals surface area contributed by atoms with E-state index in [1.807, 2.05) is 0 Å². The lowest BCUT2D eigenvalue weighted by Crippen LogP contribution is -2.37. The Morgan fingerprint density at radius 1 is 1.21 bits per heavy atom. The van der Waals surface area contributed by atoms with Gasteiger partial charge in [-0.3, -0.25) is 0 Å². The maximum atomic E-state index is 5.41. The van der Waals surface area contributed by atoms with Crippen LogP contribution in [0.15, 0.2) is 12.1 Å². The predicted molar refractivity (Wildman–Crippen MR) is 81.1 cm³/mol. The Labute approximate surface area is 117 Å². The van der Waals surface area contributed by atoms with E-state index in [2.05, 4.69) is 45.1 Å². The number of benzene rings is 1. The molecule has 0 bridgehead atoms. The summed E-state index contributed by atoms with van der Waals surface area (Å²) in [6, 6.07) is 5.11. The highest BCUT2D eigenvalue weighted by atomic mass is 16.5. The van der Waals surface area contributed by atoms with Gasteiger partial charge in [-0.2, -0.15) is 0 Å². The zero-order chi connectivity index (χ0) is 14.0. The first kappa shape index (κ1) is 14.4. The van der Waals surface area contributed by atoms with Gasteiger partial charge in [-0.1, -0.05) is 19.9 Å². The molecular formula is C17H27NO. The quantitative estimate of drug-likeness (QED) is 0.870. The van der Waals surface area contributed by atoms with Gasteiger partial charge >= 0.3 is 0 Å². The molecule has 2 heteroatoms. The molecule has 1 saturated carbocycles. The van der Waals surface area contributed by atoms with Crippen LogP contribution in [0, 0.1) is 19.8 Å². The maximum absolute atomic E-state index is 5.41. The molecule has 0 aromatic heterocycles. The van der Waals surface area contributed by atoms with Crippen molar-refractivity contribution in [3.8, 4) is 5.75 Å². The minimum Gasteiger partial charge on any atom is -0.496 e. The number of hydrogen-bond donors (Lipinski definition) is 1. The topological polar surface area (TPSA) is 21.3 Å². The minimum absolute atomic E-state index is 0.583. The van der Waals surface area contributed by atoms with Crippen LogP contribution in [0.5, 0.6) is 5.75 Å². The maximum Gasteiger partial charge on any atom is 0.122 e. The third kappa shape index (κ3) is 3.11. The van der Waals surface area contributed by atoms with Crippen molar-refractivity contribution in [3.05, 3.63) is 28.8 Å². The Bertz CT molecular complexity index is 439. The van der Waals surface area contributed by atoms with Crippen LogP contribution in [0.3, 0.4) is 0 Å². The minimum atomic E-state index is 0.583. The van der Waals surface area contributed by atoms with Crippen molar-refractivity contribution in [2.45, 2.75) is 52.5 Å². The van der Waals surface area contributed by atoms with Crippen LogP contribution in [-0.4, -0.2) is 19.7 Å². The lowest BCUT2D eigenvalue weighted by atomic mass is 9.68. The zero-order valence-electron chi connectivity index (χ0n) is 12.9. The van der Waals surface area contributed by atoms with E-state index >= 15 is 0 Å². The van der Waals surface area contributed by atoms with Gasteiger partial charge in [0, 0.05) is 6.04 Å². The fourth-order valence-corrected chi connectivity index (χ4v) is 3.04. The van der Waals surface area contributed by atoms with E-state index in [-0.39, 0.29) is 0 Å². The number of methoxy groups -OCH3 is 1. The number of ether oxygens (including phenoxy) is 1. The smallest absolute Gasteiger partial charge is 0.122 e. The highest BCUT2D eigenvalue weighted by Crippen LogP contribution is 2.44. The van der Waals surface area contributed by atoms with E-state index in [0.29, 0.717) is 6.04 Å². The van der Waals surface area contributed by atoms with Crippen LogP contribution in [-0.2, 0) is 0 Å². The molecule has 1 aromatic rings. The summed E-state index contributed by atoms with van der Waals surface area (Å²) in [7, 11) is 1.75. The van der Waals surface area contributed by atoms with Gasteiger partial charge in [0.1, 0.15) is 5.75 Å². The molecule has 2 atom stereocenters. The van der Waals surface area contributed by atoms with Crippen LogP contribution in [0.2, 0.25) is 0 Å². The van der Waals surface area contributed by atoms with E-state index in [4.69, 9.17) is 4.74 Å². The molecule has 0 amide bonds. The summed E-state index contributed by atoms with van der Waals surface area (Å²) >= 11 is 0. The summed E-state index contributed by atoms with van der Waals surface area (Å²) in [5, 5.41) is 3.58. The Morgan fingerprint density at radius 2 is 1.95 bits per heavy atom. The number of aryl methyl sites for hydroxylation is 2. The molecule has 1 aromatic carbocycles. The molecule has 106 valence electrons. The van der Waals surface area contributed by atoms with Crippen LogP contribution in [0.1, 0.15) is 49.3 Å². The fraction of sp³-hybridized carbons (Fsp3) is 0.647. The lowest BCUT2D eigenvalue weighted by molar-refractivity contribution is 0.240. The molecule has 1 aliphatic carbocycles. The van der Waals surface area contributed by atoms with E-state index < -0.39 is 0 Å². The molecular weight excluding hydrogens is 234 g/mol. The standard InChI is InChI=1S/C17H27NO/c1-11(2)18-10-14-6-7-15(14)16-8-13(4)17(19-5)9-12(16)3/h8-9,11,14-15,18H,6-7,10H2,1-5H3. The van der Waals surface area contributed by atoms with Crippen molar-refractivity contribution >= 4 is 0 Å². The average Bonchev–Trinajstić information content (AvgIpc) is 2.31. The summed E-state index contributed by atoms with van der Waals surface area (Å²) in [6.45, 7) is 9.93. The first-order chi connectivity index (χ1) is 9.02. The molecule has 1 aliphatic rings. The van der Waals surface area contributed by atoms with Gasteiger partial charge in [-0.15, -0.1) is 0 Å². The summed E-state index contributed by atoms with van der Waals surface area (Å²) in [6.07, 6.45) is 2.69. The van der Waals surface area contributed by atoms with Crippen LogP contribution in [0.25, 0.3) is 0 Å². The van der Waals surface area contributed by atoms with E-state index in [0.717, 1.165) is 24.1 Å². The molecule has 0 spiro atoms. The zero-order valence-corrected chi connectivity index (χ0v) is 12.9. The second-order valence-electron chi connectivity index (χ2n) is 6.19. The van der Waals surface area contributed by atoms with Gasteiger partial charge in [0.15, 0.2) is 0 Å². The van der Waals surface area contributed by atoms with Crippen molar-refractivity contribution in [3.63, 3.8) is 0 Å². The third-order valence-corrected chi connectivity index (χ3v) is 4.39. The Morgan fingerprint density at radius 3 is 2.47 bits per heavy atom. The molecule has 2 unspecified atom stereocenters. The number of nitrogens with one attached hydrogen (secondary N) is 1. The Balaban J connectivity index is 2.11. The molecule has 2 rings (SSSR count). The van der Waals surface area contributed by atoms with Crippen molar-refractivity contribution in [2.75, 3.05) is 13.7 Å². The molecule has 2 nitrogen and oxygen atoms in total. The molecule has 0 radical (unpaired) electrons. The van der Waals surface area contributed by atoms with E-state index in [1.165, 1.54) is 29.5 Å². The molecule has 19 heavy (non-hydrogen) atoms. The molecule has 0 aliphatic heterocycles. The second-order valence-corrected chi connectivity index (χ2v) is 6.19. The normalized spacial score (nSPS) is 22.4. The highest BCUT2D eigenvalue weighted by molar-refractivity contribution is 5.43. The van der Waals surface area contributed by atoms with Gasteiger partial charge in [0.25, 0.3) is 0 Å². The predicted octanol–water partition coefficient (Wildman–Crippen LogP) is 3.80. The fourth-order valence-electron chi connectivity index (χ4n) is 3.04. The SMILES string of the molecule is COc1cc(C)c(C2CCC2CNC(C)C)cc1C. The Hall–Kier alpha value is -1.02. The van der Waals surface area contributed by atoms with Gasteiger partial charge in [-0.25, -0.2) is 0 Å². The van der Waals surface area contributed by atoms with E-state index in [9.17, 15) is 0 Å². The summed E-state index contributed by atoms with van der Waals surface area (Å²) in [5.41, 5.74) is 4.16.